The van der Waals surface area contributed by atoms with E-state index in [0.717, 1.165) is 54.8 Å². The van der Waals surface area contributed by atoms with Crippen LogP contribution >= 0.6 is 11.8 Å². The summed E-state index contributed by atoms with van der Waals surface area (Å²) in [5, 5.41) is 5.05. The van der Waals surface area contributed by atoms with Gasteiger partial charge in [0.25, 0.3) is 0 Å². The van der Waals surface area contributed by atoms with Crippen molar-refractivity contribution in [1.29, 1.82) is 0 Å². The fraction of sp³-hybridized carbons (Fsp3) is 0.692. The quantitative estimate of drug-likeness (QED) is 0.803. The number of anilines is 1. The zero-order chi connectivity index (χ0) is 13.0. The molecule has 2 heterocycles. The maximum atomic E-state index is 5.22. The van der Waals surface area contributed by atoms with Crippen molar-refractivity contribution in [2.24, 2.45) is 0 Å². The molecule has 1 aromatic rings. The van der Waals surface area contributed by atoms with Crippen LogP contribution in [0.1, 0.15) is 31.7 Å². The molecule has 1 aliphatic heterocycles. The lowest BCUT2D eigenvalue weighted by molar-refractivity contribution is 0.0454. The van der Waals surface area contributed by atoms with Gasteiger partial charge in [-0.3, -0.25) is 0 Å². The summed E-state index contributed by atoms with van der Waals surface area (Å²) >= 11 is 1.82. The number of nitrogens with zero attached hydrogens (tertiary/aromatic N) is 2. The van der Waals surface area contributed by atoms with Crippen molar-refractivity contribution < 1.29 is 4.74 Å². The molecule has 0 bridgehead atoms. The first kappa shape index (κ1) is 13.6. The van der Waals surface area contributed by atoms with Gasteiger partial charge >= 0.3 is 0 Å². The maximum absolute atomic E-state index is 5.22. The van der Waals surface area contributed by atoms with Crippen LogP contribution in [0, 0.1) is 6.92 Å². The second kappa shape index (κ2) is 6.38. The van der Waals surface area contributed by atoms with Gasteiger partial charge in [0.2, 0.25) is 0 Å². The second-order valence-corrected chi connectivity index (χ2v) is 5.77. The Morgan fingerprint density at radius 3 is 2.67 bits per heavy atom. The summed E-state index contributed by atoms with van der Waals surface area (Å²) in [6.07, 6.45) is 1.97. The first-order valence-corrected chi connectivity index (χ1v) is 7.48. The van der Waals surface area contributed by atoms with E-state index in [0.29, 0.717) is 5.25 Å². The minimum atomic E-state index is 0.558. The van der Waals surface area contributed by atoms with E-state index in [4.69, 9.17) is 4.74 Å². The number of nitrogens with one attached hydrogen (secondary N) is 1. The van der Waals surface area contributed by atoms with Crippen LogP contribution in [0.5, 0.6) is 0 Å². The number of thioether (sulfide) groups is 1. The number of aryl methyl sites for hydroxylation is 1. The highest BCUT2D eigenvalue weighted by molar-refractivity contribution is 8.00. The molecule has 1 fully saturated rings. The molecule has 1 aromatic heterocycles. The van der Waals surface area contributed by atoms with E-state index in [-0.39, 0.29) is 0 Å². The third-order valence-electron chi connectivity index (χ3n) is 2.89. The lowest BCUT2D eigenvalue weighted by Gasteiger charge is -2.25. The van der Waals surface area contributed by atoms with Gasteiger partial charge in [0.15, 0.2) is 0 Å². The van der Waals surface area contributed by atoms with E-state index in [1.807, 2.05) is 11.8 Å². The summed E-state index contributed by atoms with van der Waals surface area (Å²) in [6.45, 7) is 8.98. The van der Waals surface area contributed by atoms with Gasteiger partial charge in [0.05, 0.1) is 18.5 Å². The molecule has 18 heavy (non-hydrogen) atoms. The van der Waals surface area contributed by atoms with Crippen LogP contribution < -0.4 is 5.32 Å². The molecule has 0 aromatic carbocycles. The molecule has 0 amide bonds. The highest BCUT2D eigenvalue weighted by Crippen LogP contribution is 2.31. The Kier molecular flexibility index (Phi) is 4.83. The van der Waals surface area contributed by atoms with Crippen LogP contribution in [0.15, 0.2) is 5.03 Å². The molecule has 0 unspecified atom stereocenters. The molecular weight excluding hydrogens is 246 g/mol. The number of hydrogen-bond acceptors (Lipinski definition) is 5. The summed E-state index contributed by atoms with van der Waals surface area (Å²) in [6, 6.07) is 0. The van der Waals surface area contributed by atoms with Gasteiger partial charge in [0.1, 0.15) is 16.7 Å². The highest BCUT2D eigenvalue weighted by atomic mass is 32.2. The number of hydrogen-bond donors (Lipinski definition) is 1. The lowest BCUT2D eigenvalue weighted by Crippen LogP contribution is -2.30. The Labute approximate surface area is 113 Å². The molecule has 1 aliphatic rings. The van der Waals surface area contributed by atoms with Crippen molar-refractivity contribution in [1.82, 2.24) is 9.97 Å². The number of aromatic nitrogens is 2. The minimum Gasteiger partial charge on any atom is -0.379 e. The molecule has 0 saturated carbocycles. The monoisotopic (exact) mass is 267 g/mol. The van der Waals surface area contributed by atoms with E-state index < -0.39 is 0 Å². The zero-order valence-electron chi connectivity index (χ0n) is 11.3. The van der Waals surface area contributed by atoms with Crippen molar-refractivity contribution in [3.63, 3.8) is 0 Å². The summed E-state index contributed by atoms with van der Waals surface area (Å²) in [5.41, 5.74) is 1.16. The largest absolute Gasteiger partial charge is 0.379 e. The summed E-state index contributed by atoms with van der Waals surface area (Å²) in [7, 11) is 0. The van der Waals surface area contributed by atoms with Crippen LogP contribution in [-0.2, 0) is 11.2 Å². The van der Waals surface area contributed by atoms with Gasteiger partial charge < -0.3 is 10.1 Å². The molecule has 1 N–H and O–H groups in total. The number of rotatable bonds is 6. The van der Waals surface area contributed by atoms with E-state index in [1.165, 1.54) is 0 Å². The topological polar surface area (TPSA) is 47.0 Å². The average Bonchev–Trinajstić information content (AvgIpc) is 2.33. The Balaban J connectivity index is 2.19. The summed E-state index contributed by atoms with van der Waals surface area (Å²) in [5.74, 6) is 1.91. The number of ether oxygens (including phenoxy) is 1. The molecule has 1 saturated heterocycles. The van der Waals surface area contributed by atoms with Crippen LogP contribution in [0.25, 0.3) is 0 Å². The molecule has 100 valence electrons. The van der Waals surface area contributed by atoms with Crippen molar-refractivity contribution in [3.05, 3.63) is 11.4 Å². The SMILES string of the molecule is CCCNc1nc(CC)nc(SC2COC2)c1C. The summed E-state index contributed by atoms with van der Waals surface area (Å²) in [4.78, 5) is 9.21. The van der Waals surface area contributed by atoms with Crippen LogP contribution in [0.3, 0.4) is 0 Å². The van der Waals surface area contributed by atoms with E-state index in [9.17, 15) is 0 Å². The fourth-order valence-corrected chi connectivity index (χ4v) is 2.74. The molecule has 0 spiro atoms. The highest BCUT2D eigenvalue weighted by Gasteiger charge is 2.22. The van der Waals surface area contributed by atoms with Gasteiger partial charge in [-0.25, -0.2) is 9.97 Å². The van der Waals surface area contributed by atoms with Gasteiger partial charge in [0, 0.05) is 18.5 Å². The van der Waals surface area contributed by atoms with Crippen LogP contribution in [-0.4, -0.2) is 35.0 Å². The Hall–Kier alpha value is -0.810. The normalized spacial score (nSPS) is 15.5. The van der Waals surface area contributed by atoms with E-state index >= 15 is 0 Å². The third-order valence-corrected chi connectivity index (χ3v) is 4.12. The zero-order valence-corrected chi connectivity index (χ0v) is 12.1. The molecule has 4 nitrogen and oxygen atoms in total. The minimum absolute atomic E-state index is 0.558. The lowest BCUT2D eigenvalue weighted by atomic mass is 10.3. The van der Waals surface area contributed by atoms with Crippen LogP contribution in [0.2, 0.25) is 0 Å². The van der Waals surface area contributed by atoms with Crippen molar-refractivity contribution >= 4 is 17.6 Å². The van der Waals surface area contributed by atoms with Gasteiger partial charge in [-0.05, 0) is 13.3 Å². The van der Waals surface area contributed by atoms with Gasteiger partial charge in [-0.1, -0.05) is 25.6 Å². The maximum Gasteiger partial charge on any atom is 0.133 e. The Bertz CT molecular complexity index is 407. The van der Waals surface area contributed by atoms with Crippen molar-refractivity contribution in [3.8, 4) is 0 Å². The molecule has 5 heteroatoms. The smallest absolute Gasteiger partial charge is 0.133 e. The van der Waals surface area contributed by atoms with Gasteiger partial charge in [-0.2, -0.15) is 0 Å². The summed E-state index contributed by atoms with van der Waals surface area (Å²) < 4.78 is 5.22. The molecule has 0 radical (unpaired) electrons. The Morgan fingerprint density at radius 1 is 1.33 bits per heavy atom. The second-order valence-electron chi connectivity index (χ2n) is 4.48. The molecular formula is C13H21N3OS. The molecule has 0 aliphatic carbocycles. The fourth-order valence-electron chi connectivity index (χ4n) is 1.67. The van der Waals surface area contributed by atoms with Crippen molar-refractivity contribution in [2.45, 2.75) is 43.9 Å². The van der Waals surface area contributed by atoms with Crippen LogP contribution in [0.4, 0.5) is 5.82 Å². The van der Waals surface area contributed by atoms with E-state index in [1.54, 1.807) is 0 Å². The van der Waals surface area contributed by atoms with Crippen molar-refractivity contribution in [2.75, 3.05) is 25.1 Å². The van der Waals surface area contributed by atoms with E-state index in [2.05, 4.69) is 36.1 Å². The first-order valence-electron chi connectivity index (χ1n) is 6.60. The molecule has 0 atom stereocenters. The predicted molar refractivity (Wildman–Crippen MR) is 75.4 cm³/mol. The Morgan fingerprint density at radius 2 is 2.11 bits per heavy atom. The third kappa shape index (κ3) is 3.14. The predicted octanol–water partition coefficient (Wildman–Crippen LogP) is 2.66. The first-order chi connectivity index (χ1) is 8.74. The molecule has 2 rings (SSSR count). The standard InChI is InChI=1S/C13H21N3OS/c1-4-6-14-12-9(3)13(16-11(5-2)15-12)18-10-7-17-8-10/h10H,4-8H2,1-3H3,(H,14,15,16). The van der Waals surface area contributed by atoms with Gasteiger partial charge in [-0.15, -0.1) is 0 Å². The average molecular weight is 267 g/mol.